The van der Waals surface area contributed by atoms with E-state index in [1.54, 1.807) is 42.5 Å². The first-order chi connectivity index (χ1) is 11.0. The summed E-state index contributed by atoms with van der Waals surface area (Å²) in [7, 11) is -3.79. The molecule has 0 radical (unpaired) electrons. The smallest absolute Gasteiger partial charge is 0.183 e. The minimum Gasteiger partial charge on any atom is -0.302 e. The number of aldehydes is 1. The number of halogens is 1. The van der Waals surface area contributed by atoms with Crippen LogP contribution in [0.3, 0.4) is 0 Å². The van der Waals surface area contributed by atoms with E-state index in [9.17, 15) is 18.5 Å². The molecule has 1 aliphatic rings. The summed E-state index contributed by atoms with van der Waals surface area (Å²) in [6.07, 6.45) is 0.456. The molecule has 23 heavy (non-hydrogen) atoms. The Balaban J connectivity index is 2.09. The van der Waals surface area contributed by atoms with E-state index in [1.807, 2.05) is 6.07 Å². The molecule has 3 rings (SSSR count). The molecule has 0 bridgehead atoms. The van der Waals surface area contributed by atoms with Crippen molar-refractivity contribution < 1.29 is 13.2 Å². The lowest BCUT2D eigenvalue weighted by molar-refractivity contribution is -0.110. The maximum Gasteiger partial charge on any atom is 0.183 e. The minimum atomic E-state index is -3.79. The number of sulfone groups is 1. The van der Waals surface area contributed by atoms with Gasteiger partial charge in [0.2, 0.25) is 0 Å². The van der Waals surface area contributed by atoms with Gasteiger partial charge in [-0.05, 0) is 29.8 Å². The van der Waals surface area contributed by atoms with Gasteiger partial charge < -0.3 is 4.79 Å². The standard InChI is InChI=1S/C17H12ClNO3S/c18-13-8-6-12(7-9-13)15-16(17(15,10-19)11-20)23(21,22)14-4-2-1-3-5-14/h1-9,11,15-16H/t15-,16-,17+/m0/s1. The molecular weight excluding hydrogens is 334 g/mol. The van der Waals surface area contributed by atoms with Gasteiger partial charge in [0, 0.05) is 10.9 Å². The molecule has 0 aliphatic heterocycles. The Bertz CT molecular complexity index is 888. The van der Waals surface area contributed by atoms with Crippen LogP contribution < -0.4 is 0 Å². The van der Waals surface area contributed by atoms with E-state index in [0.29, 0.717) is 16.9 Å². The van der Waals surface area contributed by atoms with Gasteiger partial charge in [-0.15, -0.1) is 0 Å². The molecule has 0 spiro atoms. The lowest BCUT2D eigenvalue weighted by Gasteiger charge is -2.04. The van der Waals surface area contributed by atoms with Gasteiger partial charge >= 0.3 is 0 Å². The normalized spacial score (nSPS) is 26.3. The van der Waals surface area contributed by atoms with Gasteiger partial charge in [0.15, 0.2) is 9.84 Å². The Labute approximate surface area is 139 Å². The van der Waals surface area contributed by atoms with Crippen LogP contribution in [-0.4, -0.2) is 20.0 Å². The van der Waals surface area contributed by atoms with Crippen LogP contribution >= 0.6 is 11.6 Å². The lowest BCUT2D eigenvalue weighted by Crippen LogP contribution is -2.16. The first kappa shape index (κ1) is 15.7. The van der Waals surface area contributed by atoms with Crippen molar-refractivity contribution in [2.24, 2.45) is 5.41 Å². The predicted molar refractivity (Wildman–Crippen MR) is 85.7 cm³/mol. The summed E-state index contributed by atoms with van der Waals surface area (Å²) in [6.45, 7) is 0. The van der Waals surface area contributed by atoms with Crippen LogP contribution in [0.4, 0.5) is 0 Å². The fourth-order valence-electron chi connectivity index (χ4n) is 2.99. The predicted octanol–water partition coefficient (Wildman–Crippen LogP) is 2.99. The van der Waals surface area contributed by atoms with E-state index >= 15 is 0 Å². The van der Waals surface area contributed by atoms with Crippen LogP contribution in [0, 0.1) is 16.7 Å². The second-order valence-corrected chi connectivity index (χ2v) is 7.98. The molecule has 116 valence electrons. The highest BCUT2D eigenvalue weighted by Crippen LogP contribution is 2.62. The van der Waals surface area contributed by atoms with Gasteiger partial charge in [-0.1, -0.05) is 41.9 Å². The number of hydrogen-bond donors (Lipinski definition) is 0. The van der Waals surface area contributed by atoms with Crippen LogP contribution in [0.15, 0.2) is 59.5 Å². The second-order valence-electron chi connectivity index (χ2n) is 5.47. The average molecular weight is 346 g/mol. The van der Waals surface area contributed by atoms with Crippen molar-refractivity contribution in [3.8, 4) is 6.07 Å². The number of carbonyl (C=O) groups excluding carboxylic acids is 1. The molecule has 1 aliphatic carbocycles. The van der Waals surface area contributed by atoms with Crippen molar-refractivity contribution in [3.63, 3.8) is 0 Å². The van der Waals surface area contributed by atoms with Crippen molar-refractivity contribution in [2.45, 2.75) is 16.1 Å². The number of carbonyl (C=O) groups is 1. The highest BCUT2D eigenvalue weighted by Gasteiger charge is 2.72. The maximum atomic E-state index is 12.8. The number of nitriles is 1. The van der Waals surface area contributed by atoms with Crippen molar-refractivity contribution >= 4 is 27.7 Å². The molecule has 4 nitrogen and oxygen atoms in total. The largest absolute Gasteiger partial charge is 0.302 e. The van der Waals surface area contributed by atoms with Crippen molar-refractivity contribution in [2.75, 3.05) is 0 Å². The molecule has 1 saturated carbocycles. The van der Waals surface area contributed by atoms with Gasteiger partial charge in [-0.3, -0.25) is 0 Å². The summed E-state index contributed by atoms with van der Waals surface area (Å²) in [5, 5.41) is 8.87. The molecule has 0 heterocycles. The van der Waals surface area contributed by atoms with Gasteiger partial charge in [-0.25, -0.2) is 8.42 Å². The Morgan fingerprint density at radius 2 is 1.70 bits per heavy atom. The summed E-state index contributed by atoms with van der Waals surface area (Å²) in [5.74, 6) is -0.688. The van der Waals surface area contributed by atoms with Crippen molar-refractivity contribution in [3.05, 3.63) is 65.2 Å². The van der Waals surface area contributed by atoms with Gasteiger partial charge in [0.1, 0.15) is 17.0 Å². The molecule has 0 unspecified atom stereocenters. The fourth-order valence-corrected chi connectivity index (χ4v) is 5.37. The van der Waals surface area contributed by atoms with Crippen molar-refractivity contribution in [1.82, 2.24) is 0 Å². The topological polar surface area (TPSA) is 75.0 Å². The van der Waals surface area contributed by atoms with Crippen molar-refractivity contribution in [1.29, 1.82) is 5.26 Å². The molecule has 0 amide bonds. The molecule has 0 N–H and O–H groups in total. The van der Waals surface area contributed by atoms with Crippen LogP contribution in [0.1, 0.15) is 11.5 Å². The molecule has 0 aromatic heterocycles. The Kier molecular flexibility index (Phi) is 3.75. The highest BCUT2D eigenvalue weighted by molar-refractivity contribution is 7.92. The zero-order valence-electron chi connectivity index (χ0n) is 11.9. The van der Waals surface area contributed by atoms with E-state index in [4.69, 9.17) is 11.6 Å². The third kappa shape index (κ3) is 2.35. The summed E-state index contributed by atoms with van der Waals surface area (Å²) in [5.41, 5.74) is -0.935. The number of hydrogen-bond acceptors (Lipinski definition) is 4. The van der Waals surface area contributed by atoms with Crippen LogP contribution in [0.25, 0.3) is 0 Å². The molecule has 3 atom stereocenters. The third-order valence-electron chi connectivity index (χ3n) is 4.20. The quantitative estimate of drug-likeness (QED) is 0.798. The van der Waals surface area contributed by atoms with E-state index < -0.39 is 26.4 Å². The number of rotatable bonds is 4. The zero-order valence-corrected chi connectivity index (χ0v) is 13.5. The van der Waals surface area contributed by atoms with E-state index in [0.717, 1.165) is 0 Å². The summed E-state index contributed by atoms with van der Waals surface area (Å²) in [6, 6.07) is 16.3. The Hall–Kier alpha value is -2.16. The summed E-state index contributed by atoms with van der Waals surface area (Å²) < 4.78 is 25.7. The summed E-state index contributed by atoms with van der Waals surface area (Å²) in [4.78, 5) is 11.7. The number of benzene rings is 2. The highest BCUT2D eigenvalue weighted by atomic mass is 35.5. The van der Waals surface area contributed by atoms with Gasteiger partial charge in [0.25, 0.3) is 0 Å². The Morgan fingerprint density at radius 1 is 1.09 bits per heavy atom. The molecule has 1 fully saturated rings. The fraction of sp³-hybridized carbons (Fsp3) is 0.176. The van der Waals surface area contributed by atoms with Gasteiger partial charge in [-0.2, -0.15) is 5.26 Å². The van der Waals surface area contributed by atoms with E-state index in [1.165, 1.54) is 12.1 Å². The number of nitrogens with zero attached hydrogens (tertiary/aromatic N) is 1. The average Bonchev–Trinajstić information content (AvgIpc) is 3.27. The maximum absolute atomic E-state index is 12.8. The zero-order chi connectivity index (χ0) is 16.7. The summed E-state index contributed by atoms with van der Waals surface area (Å²) >= 11 is 5.84. The first-order valence-electron chi connectivity index (χ1n) is 6.89. The lowest BCUT2D eigenvalue weighted by atomic mass is 10.0. The van der Waals surface area contributed by atoms with E-state index in [-0.39, 0.29) is 4.90 Å². The monoisotopic (exact) mass is 345 g/mol. The molecule has 2 aromatic rings. The molecule has 2 aromatic carbocycles. The van der Waals surface area contributed by atoms with Crippen LogP contribution in [0.5, 0.6) is 0 Å². The Morgan fingerprint density at radius 3 is 2.22 bits per heavy atom. The van der Waals surface area contributed by atoms with Crippen LogP contribution in [-0.2, 0) is 14.6 Å². The molecule has 0 saturated heterocycles. The second kappa shape index (κ2) is 5.48. The molecule has 6 heteroatoms. The SMILES string of the molecule is N#C[C@@]1(C=O)[C@@H](c2ccc(Cl)cc2)[C@@H]1S(=O)(=O)c1ccccc1. The third-order valence-corrected chi connectivity index (χ3v) is 6.71. The first-order valence-corrected chi connectivity index (χ1v) is 8.82. The van der Waals surface area contributed by atoms with Crippen LogP contribution in [0.2, 0.25) is 5.02 Å². The minimum absolute atomic E-state index is 0.114. The van der Waals surface area contributed by atoms with E-state index in [2.05, 4.69) is 0 Å². The molecular formula is C17H12ClNO3S. The van der Waals surface area contributed by atoms with Gasteiger partial charge in [0.05, 0.1) is 11.0 Å².